The zero-order valence-corrected chi connectivity index (χ0v) is 9.32. The van der Waals surface area contributed by atoms with Gasteiger partial charge in [0.15, 0.2) is 0 Å². The van der Waals surface area contributed by atoms with Crippen molar-refractivity contribution in [1.82, 2.24) is 10.6 Å². The fraction of sp³-hybridized carbons (Fsp3) is 1.00. The molecule has 2 N–H and O–H groups in total. The normalized spacial score (nSPS) is 24.7. The van der Waals surface area contributed by atoms with E-state index in [1.165, 1.54) is 32.2 Å². The maximum absolute atomic E-state index is 3.62. The lowest BCUT2D eigenvalue weighted by molar-refractivity contribution is 0.316. The second-order valence-corrected chi connectivity index (χ2v) is 4.77. The summed E-state index contributed by atoms with van der Waals surface area (Å²) in [6, 6.07) is 0.708. The molecule has 1 aliphatic rings. The van der Waals surface area contributed by atoms with Gasteiger partial charge in [0.2, 0.25) is 0 Å². The third-order valence-electron chi connectivity index (χ3n) is 3.12. The first kappa shape index (κ1) is 11.0. The van der Waals surface area contributed by atoms with Gasteiger partial charge in [-0.2, -0.15) is 0 Å². The van der Waals surface area contributed by atoms with Crippen molar-refractivity contribution in [3.8, 4) is 0 Å². The Balaban J connectivity index is 2.17. The second kappa shape index (κ2) is 4.97. The first-order valence-electron chi connectivity index (χ1n) is 5.62. The van der Waals surface area contributed by atoms with Crippen LogP contribution in [0.2, 0.25) is 0 Å². The Bertz CT molecular complexity index is 137. The first-order chi connectivity index (χ1) is 6.14. The van der Waals surface area contributed by atoms with Gasteiger partial charge < -0.3 is 10.6 Å². The van der Waals surface area contributed by atoms with Crippen molar-refractivity contribution in [1.29, 1.82) is 0 Å². The van der Waals surface area contributed by atoms with Gasteiger partial charge in [0.1, 0.15) is 0 Å². The van der Waals surface area contributed by atoms with Crippen LogP contribution in [0.25, 0.3) is 0 Å². The Morgan fingerprint density at radius 1 is 1.38 bits per heavy atom. The molecule has 0 spiro atoms. The summed E-state index contributed by atoms with van der Waals surface area (Å²) in [7, 11) is 0. The van der Waals surface area contributed by atoms with Crippen molar-refractivity contribution >= 4 is 0 Å². The molecule has 1 unspecified atom stereocenters. The van der Waals surface area contributed by atoms with E-state index in [9.17, 15) is 0 Å². The predicted octanol–water partition coefficient (Wildman–Crippen LogP) is 1.91. The van der Waals surface area contributed by atoms with Crippen LogP contribution in [0.15, 0.2) is 0 Å². The second-order valence-electron chi connectivity index (χ2n) is 4.77. The fourth-order valence-corrected chi connectivity index (χ4v) is 1.62. The van der Waals surface area contributed by atoms with Crippen molar-refractivity contribution in [2.45, 2.75) is 58.0 Å². The Kier molecular flexibility index (Phi) is 4.20. The number of rotatable bonds is 4. The van der Waals surface area contributed by atoms with Crippen LogP contribution in [0.4, 0.5) is 0 Å². The molecule has 0 bridgehead atoms. The van der Waals surface area contributed by atoms with E-state index in [4.69, 9.17) is 0 Å². The topological polar surface area (TPSA) is 24.1 Å². The average molecular weight is 184 g/mol. The minimum absolute atomic E-state index is 0.305. The van der Waals surface area contributed by atoms with E-state index in [0.717, 1.165) is 6.54 Å². The monoisotopic (exact) mass is 184 g/mol. The largest absolute Gasteiger partial charge is 0.313 e. The van der Waals surface area contributed by atoms with E-state index >= 15 is 0 Å². The van der Waals surface area contributed by atoms with Gasteiger partial charge in [0.05, 0.1) is 0 Å². The van der Waals surface area contributed by atoms with Crippen LogP contribution in [0, 0.1) is 0 Å². The van der Waals surface area contributed by atoms with Gasteiger partial charge >= 0.3 is 0 Å². The zero-order valence-electron chi connectivity index (χ0n) is 9.32. The molecule has 2 heteroatoms. The highest BCUT2D eigenvalue weighted by Crippen LogP contribution is 2.10. The molecule has 0 saturated carbocycles. The summed E-state index contributed by atoms with van der Waals surface area (Å²) in [5, 5.41) is 7.17. The van der Waals surface area contributed by atoms with Crippen molar-refractivity contribution in [3.63, 3.8) is 0 Å². The molecule has 1 saturated heterocycles. The molecule has 1 heterocycles. The Hall–Kier alpha value is -0.0800. The van der Waals surface area contributed by atoms with E-state index < -0.39 is 0 Å². The van der Waals surface area contributed by atoms with Gasteiger partial charge in [-0.15, -0.1) is 0 Å². The van der Waals surface area contributed by atoms with Crippen LogP contribution in [0.5, 0.6) is 0 Å². The number of hydrogen-bond donors (Lipinski definition) is 2. The van der Waals surface area contributed by atoms with Crippen LogP contribution in [-0.4, -0.2) is 24.7 Å². The Morgan fingerprint density at radius 2 is 2.15 bits per heavy atom. The van der Waals surface area contributed by atoms with E-state index in [1.54, 1.807) is 0 Å². The lowest BCUT2D eigenvalue weighted by Crippen LogP contribution is -2.48. The van der Waals surface area contributed by atoms with E-state index in [0.29, 0.717) is 11.6 Å². The third-order valence-corrected chi connectivity index (χ3v) is 3.12. The average Bonchev–Trinajstić information content (AvgIpc) is 2.17. The predicted molar refractivity (Wildman–Crippen MR) is 58.0 cm³/mol. The summed E-state index contributed by atoms with van der Waals surface area (Å²) in [6.07, 6.45) is 5.28. The molecule has 1 aliphatic heterocycles. The van der Waals surface area contributed by atoms with Crippen molar-refractivity contribution in [3.05, 3.63) is 0 Å². The molecule has 0 amide bonds. The summed E-state index contributed by atoms with van der Waals surface area (Å²) >= 11 is 0. The van der Waals surface area contributed by atoms with Gasteiger partial charge in [0.25, 0.3) is 0 Å². The maximum Gasteiger partial charge on any atom is 0.0192 e. The van der Waals surface area contributed by atoms with Crippen LogP contribution in [0.1, 0.15) is 46.5 Å². The molecular weight excluding hydrogens is 160 g/mol. The van der Waals surface area contributed by atoms with E-state index in [-0.39, 0.29) is 0 Å². The van der Waals surface area contributed by atoms with Gasteiger partial charge in [-0.25, -0.2) is 0 Å². The van der Waals surface area contributed by atoms with Gasteiger partial charge in [0, 0.05) is 18.1 Å². The molecule has 0 radical (unpaired) electrons. The number of piperidine rings is 1. The van der Waals surface area contributed by atoms with E-state index in [2.05, 4.69) is 31.4 Å². The Labute approximate surface area is 82.5 Å². The highest BCUT2D eigenvalue weighted by atomic mass is 15.0. The van der Waals surface area contributed by atoms with Crippen molar-refractivity contribution < 1.29 is 0 Å². The maximum atomic E-state index is 3.62. The van der Waals surface area contributed by atoms with Gasteiger partial charge in [-0.3, -0.25) is 0 Å². The quantitative estimate of drug-likeness (QED) is 0.697. The molecule has 13 heavy (non-hydrogen) atoms. The summed E-state index contributed by atoms with van der Waals surface area (Å²) in [4.78, 5) is 0. The van der Waals surface area contributed by atoms with Gasteiger partial charge in [-0.05, 0) is 39.7 Å². The molecule has 1 rings (SSSR count). The minimum atomic E-state index is 0.305. The molecule has 0 aromatic heterocycles. The smallest absolute Gasteiger partial charge is 0.0192 e. The van der Waals surface area contributed by atoms with Crippen LogP contribution in [-0.2, 0) is 0 Å². The fourth-order valence-electron chi connectivity index (χ4n) is 1.62. The molecule has 0 aromatic rings. The summed E-state index contributed by atoms with van der Waals surface area (Å²) < 4.78 is 0. The minimum Gasteiger partial charge on any atom is -0.313 e. The summed E-state index contributed by atoms with van der Waals surface area (Å²) in [5.74, 6) is 0. The summed E-state index contributed by atoms with van der Waals surface area (Å²) in [6.45, 7) is 9.12. The SMILES string of the molecule is CCC(C)(C)NCC1CCCCN1. The van der Waals surface area contributed by atoms with Crippen LogP contribution >= 0.6 is 0 Å². The van der Waals surface area contributed by atoms with E-state index in [1.807, 2.05) is 0 Å². The number of hydrogen-bond acceptors (Lipinski definition) is 2. The zero-order chi connectivity index (χ0) is 9.73. The lowest BCUT2D eigenvalue weighted by atomic mass is 9.99. The summed E-state index contributed by atoms with van der Waals surface area (Å²) in [5.41, 5.74) is 0.305. The van der Waals surface area contributed by atoms with Gasteiger partial charge in [-0.1, -0.05) is 13.3 Å². The molecule has 0 aromatic carbocycles. The molecule has 1 fully saturated rings. The molecule has 1 atom stereocenters. The number of nitrogens with one attached hydrogen (secondary N) is 2. The highest BCUT2D eigenvalue weighted by molar-refractivity contribution is 4.81. The molecule has 0 aliphatic carbocycles. The van der Waals surface area contributed by atoms with Crippen LogP contribution < -0.4 is 10.6 Å². The first-order valence-corrected chi connectivity index (χ1v) is 5.62. The van der Waals surface area contributed by atoms with Crippen molar-refractivity contribution in [2.24, 2.45) is 0 Å². The Morgan fingerprint density at radius 3 is 2.69 bits per heavy atom. The van der Waals surface area contributed by atoms with Crippen LogP contribution in [0.3, 0.4) is 0 Å². The standard InChI is InChI=1S/C11H24N2/c1-4-11(2,3)13-9-10-7-5-6-8-12-10/h10,12-13H,4-9H2,1-3H3. The molecular formula is C11H24N2. The molecule has 2 nitrogen and oxygen atoms in total. The van der Waals surface area contributed by atoms with Crippen molar-refractivity contribution in [2.75, 3.05) is 13.1 Å². The highest BCUT2D eigenvalue weighted by Gasteiger charge is 2.17. The third kappa shape index (κ3) is 4.10. The molecule has 78 valence electrons. The lowest BCUT2D eigenvalue weighted by Gasteiger charge is -2.30.